The molecule has 1 aliphatic heterocycles. The molecule has 0 radical (unpaired) electrons. The van der Waals surface area contributed by atoms with E-state index < -0.39 is 12.7 Å². The van der Waals surface area contributed by atoms with Gasteiger partial charge in [-0.15, -0.1) is 0 Å². The van der Waals surface area contributed by atoms with Gasteiger partial charge in [0.05, 0.1) is 53.8 Å². The van der Waals surface area contributed by atoms with Crippen molar-refractivity contribution in [2.75, 3.05) is 26.9 Å². The molecule has 5 aromatic rings. The molecule has 6 rings (SSSR count). The van der Waals surface area contributed by atoms with Crippen molar-refractivity contribution in [1.82, 2.24) is 29.0 Å². The fourth-order valence-electron chi connectivity index (χ4n) is 5.33. The molecule has 2 aromatic carbocycles. The third-order valence-electron chi connectivity index (χ3n) is 7.20. The molecule has 0 saturated heterocycles. The zero-order chi connectivity index (χ0) is 26.4. The highest BCUT2D eigenvalue weighted by atomic mass is 19.1. The summed E-state index contributed by atoms with van der Waals surface area (Å²) < 4.78 is 22.9. The maximum Gasteiger partial charge on any atom is 0.254 e. The molecule has 9 nitrogen and oxygen atoms in total. The number of methoxy groups -OCH3 is 1. The van der Waals surface area contributed by atoms with Crippen LogP contribution in [0.5, 0.6) is 5.75 Å². The number of para-hydroxylation sites is 1. The summed E-state index contributed by atoms with van der Waals surface area (Å²) >= 11 is 0. The Bertz CT molecular complexity index is 1660. The van der Waals surface area contributed by atoms with E-state index in [1.165, 1.54) is 0 Å². The Morgan fingerprint density at radius 3 is 2.84 bits per heavy atom. The second-order valence-electron chi connectivity index (χ2n) is 9.62. The van der Waals surface area contributed by atoms with Crippen LogP contribution >= 0.6 is 0 Å². The van der Waals surface area contributed by atoms with Gasteiger partial charge in [0, 0.05) is 43.5 Å². The first-order valence-electron chi connectivity index (χ1n) is 12.5. The molecule has 0 fully saturated rings. The number of aromatic nitrogens is 5. The van der Waals surface area contributed by atoms with E-state index in [-0.39, 0.29) is 12.5 Å². The van der Waals surface area contributed by atoms with Gasteiger partial charge in [-0.25, -0.2) is 9.37 Å². The minimum absolute atomic E-state index is 0.134. The third kappa shape index (κ3) is 3.97. The van der Waals surface area contributed by atoms with Crippen molar-refractivity contribution >= 4 is 27.8 Å². The van der Waals surface area contributed by atoms with E-state index in [1.54, 1.807) is 30.6 Å². The maximum absolute atomic E-state index is 13.2. The molecule has 3 aromatic heterocycles. The molecule has 0 saturated carbocycles. The van der Waals surface area contributed by atoms with Gasteiger partial charge < -0.3 is 24.5 Å². The van der Waals surface area contributed by atoms with Crippen LogP contribution in [0.3, 0.4) is 0 Å². The lowest BCUT2D eigenvalue weighted by Gasteiger charge is -2.30. The van der Waals surface area contributed by atoms with Gasteiger partial charge in [0.1, 0.15) is 12.4 Å². The van der Waals surface area contributed by atoms with Crippen LogP contribution < -0.4 is 10.5 Å². The number of aryl methyl sites for hydroxylation is 1. The van der Waals surface area contributed by atoms with Crippen molar-refractivity contribution < 1.29 is 13.9 Å². The zero-order valence-corrected chi connectivity index (χ0v) is 21.3. The number of rotatable bonds is 7. The van der Waals surface area contributed by atoms with Gasteiger partial charge in [0.15, 0.2) is 5.82 Å². The molecular formula is C28H28FN7O2. The highest BCUT2D eigenvalue weighted by molar-refractivity contribution is 6.01. The van der Waals surface area contributed by atoms with Crippen LogP contribution in [0.1, 0.15) is 21.6 Å². The summed E-state index contributed by atoms with van der Waals surface area (Å²) in [6, 6.07) is 11.3. The minimum atomic E-state index is -0.682. The largest absolute Gasteiger partial charge is 0.495 e. The number of benzene rings is 2. The number of nitrogens with zero attached hydrogens (tertiary/aromatic N) is 6. The summed E-state index contributed by atoms with van der Waals surface area (Å²) in [6.07, 6.45) is 5.76. The Labute approximate surface area is 218 Å². The summed E-state index contributed by atoms with van der Waals surface area (Å²) in [6.45, 7) is 0.536. The van der Waals surface area contributed by atoms with Gasteiger partial charge in [-0.1, -0.05) is 12.1 Å². The van der Waals surface area contributed by atoms with Gasteiger partial charge in [0.25, 0.3) is 5.91 Å². The van der Waals surface area contributed by atoms with Gasteiger partial charge in [0.2, 0.25) is 0 Å². The monoisotopic (exact) mass is 513 g/mol. The van der Waals surface area contributed by atoms with E-state index in [4.69, 9.17) is 15.5 Å². The number of carbonyl (C=O) groups is 1. The van der Waals surface area contributed by atoms with E-state index in [2.05, 4.69) is 25.2 Å². The Morgan fingerprint density at radius 1 is 1.21 bits per heavy atom. The SMILES string of the molecule is COc1cccc2cc(-c3nc4cc5c(cc4n3C)CCN(C[C@H](N)CF)C5=O)n(Cc3cnccn3)c12. The van der Waals surface area contributed by atoms with E-state index in [0.717, 1.165) is 50.5 Å². The van der Waals surface area contributed by atoms with Gasteiger partial charge in [-0.05, 0) is 36.2 Å². The average molecular weight is 514 g/mol. The van der Waals surface area contributed by atoms with Crippen molar-refractivity contribution in [2.24, 2.45) is 12.8 Å². The molecule has 10 heteroatoms. The standard InChI is InChI=1S/C28H28FN7O2/c1-34-23-10-17-6-9-35(15-19(30)13-29)28(37)21(17)12-22(23)33-27(34)24-11-18-4-3-5-25(38-2)26(18)36(24)16-20-14-31-7-8-32-20/h3-5,7-8,10-12,14,19H,6,9,13,15-16,30H2,1-2H3/t19-/m1/s1. The highest BCUT2D eigenvalue weighted by Gasteiger charge is 2.28. The Hall–Kier alpha value is -4.31. The first kappa shape index (κ1) is 24.1. The molecule has 1 amide bonds. The summed E-state index contributed by atoms with van der Waals surface area (Å²) in [5.74, 6) is 1.38. The lowest BCUT2D eigenvalue weighted by Crippen LogP contribution is -2.45. The number of ether oxygens (including phenoxy) is 1. The topological polar surface area (TPSA) is 104 Å². The maximum atomic E-state index is 13.2. The first-order valence-corrected chi connectivity index (χ1v) is 12.5. The van der Waals surface area contributed by atoms with Crippen molar-refractivity contribution in [2.45, 2.75) is 19.0 Å². The van der Waals surface area contributed by atoms with Crippen molar-refractivity contribution in [3.05, 3.63) is 71.8 Å². The van der Waals surface area contributed by atoms with Crippen LogP contribution in [0.2, 0.25) is 0 Å². The Morgan fingerprint density at radius 2 is 2.08 bits per heavy atom. The fraction of sp³-hybridized carbons (Fsp3) is 0.286. The Balaban J connectivity index is 1.49. The number of hydrogen-bond acceptors (Lipinski definition) is 6. The molecule has 1 atom stereocenters. The lowest BCUT2D eigenvalue weighted by molar-refractivity contribution is 0.0725. The lowest BCUT2D eigenvalue weighted by atomic mass is 9.97. The predicted octanol–water partition coefficient (Wildman–Crippen LogP) is 3.34. The molecule has 0 unspecified atom stereocenters. The number of hydrogen-bond donors (Lipinski definition) is 1. The molecule has 194 valence electrons. The molecule has 0 aliphatic carbocycles. The molecule has 38 heavy (non-hydrogen) atoms. The predicted molar refractivity (Wildman–Crippen MR) is 143 cm³/mol. The highest BCUT2D eigenvalue weighted by Crippen LogP contribution is 2.36. The second-order valence-corrected chi connectivity index (χ2v) is 9.62. The first-order chi connectivity index (χ1) is 18.5. The van der Waals surface area contributed by atoms with Crippen LogP contribution in [0.15, 0.2) is 55.0 Å². The molecule has 0 spiro atoms. The molecule has 0 bridgehead atoms. The van der Waals surface area contributed by atoms with Crippen LogP contribution in [0.4, 0.5) is 4.39 Å². The second kappa shape index (κ2) is 9.53. The molecule has 2 N–H and O–H groups in total. The number of nitrogens with two attached hydrogens (primary N) is 1. The van der Waals surface area contributed by atoms with E-state index >= 15 is 0 Å². The Kier molecular flexibility index (Phi) is 6.03. The number of fused-ring (bicyclic) bond motifs is 3. The number of halogens is 1. The van der Waals surface area contributed by atoms with Crippen LogP contribution in [0, 0.1) is 0 Å². The molecule has 1 aliphatic rings. The van der Waals surface area contributed by atoms with Crippen molar-refractivity contribution in [3.8, 4) is 17.3 Å². The number of imidazole rings is 1. The van der Waals surface area contributed by atoms with Crippen molar-refractivity contribution in [1.29, 1.82) is 0 Å². The molecule has 4 heterocycles. The summed E-state index contributed by atoms with van der Waals surface area (Å²) in [7, 11) is 3.64. The quantitative estimate of drug-likeness (QED) is 0.358. The zero-order valence-electron chi connectivity index (χ0n) is 21.3. The van der Waals surface area contributed by atoms with Gasteiger partial charge >= 0.3 is 0 Å². The summed E-state index contributed by atoms with van der Waals surface area (Å²) in [5, 5.41) is 1.02. The third-order valence-corrected chi connectivity index (χ3v) is 7.20. The van der Waals surface area contributed by atoms with E-state index in [9.17, 15) is 9.18 Å². The van der Waals surface area contributed by atoms with Crippen LogP contribution in [0.25, 0.3) is 33.5 Å². The van der Waals surface area contributed by atoms with Gasteiger partial charge in [-0.3, -0.25) is 14.8 Å². The van der Waals surface area contributed by atoms with Crippen LogP contribution in [-0.4, -0.2) is 67.8 Å². The van der Waals surface area contributed by atoms with Crippen molar-refractivity contribution in [3.63, 3.8) is 0 Å². The average Bonchev–Trinajstić information content (AvgIpc) is 3.46. The smallest absolute Gasteiger partial charge is 0.254 e. The number of amides is 1. The van der Waals surface area contributed by atoms with Crippen LogP contribution in [-0.2, 0) is 20.0 Å². The van der Waals surface area contributed by atoms with Gasteiger partial charge in [-0.2, -0.15) is 0 Å². The summed E-state index contributed by atoms with van der Waals surface area (Å²) in [4.78, 5) is 28.5. The molecular weight excluding hydrogens is 485 g/mol. The fourth-order valence-corrected chi connectivity index (χ4v) is 5.33. The van der Waals surface area contributed by atoms with E-state index in [0.29, 0.717) is 25.1 Å². The van der Waals surface area contributed by atoms with E-state index in [1.807, 2.05) is 37.4 Å². The number of alkyl halides is 1. The number of carbonyl (C=O) groups excluding carboxylic acids is 1. The minimum Gasteiger partial charge on any atom is -0.495 e. The normalized spacial score (nSPS) is 14.3. The summed E-state index contributed by atoms with van der Waals surface area (Å²) in [5.41, 5.74) is 11.6.